The van der Waals surface area contributed by atoms with Gasteiger partial charge in [0.25, 0.3) is 0 Å². The van der Waals surface area contributed by atoms with Gasteiger partial charge in [0.2, 0.25) is 5.91 Å². The first kappa shape index (κ1) is 21.3. The maximum absolute atomic E-state index is 12.3. The van der Waals surface area contributed by atoms with Gasteiger partial charge in [0.15, 0.2) is 0 Å². The number of rotatable bonds is 6. The van der Waals surface area contributed by atoms with Gasteiger partial charge < -0.3 is 10.1 Å². The molecule has 1 fully saturated rings. The van der Waals surface area contributed by atoms with Crippen LogP contribution in [0.25, 0.3) is 10.9 Å². The maximum atomic E-state index is 12.3. The smallest absolute Gasteiger partial charge is 0.337 e. The third-order valence-corrected chi connectivity index (χ3v) is 5.71. The average molecular weight is 442 g/mol. The van der Waals surface area contributed by atoms with Crippen LogP contribution in [0.15, 0.2) is 48.7 Å². The molecule has 2 aromatic carbocycles. The SMILES string of the molecule is COC(=O)c1ccc2c(cnn2CN2CCN(CC(=O)Nc3ccccc3Cl)CC2)c1. The van der Waals surface area contributed by atoms with E-state index in [-0.39, 0.29) is 11.9 Å². The lowest BCUT2D eigenvalue weighted by Gasteiger charge is -2.34. The molecule has 2 heterocycles. The number of benzene rings is 2. The van der Waals surface area contributed by atoms with Gasteiger partial charge in [0.05, 0.1) is 48.3 Å². The van der Waals surface area contributed by atoms with E-state index in [0.29, 0.717) is 29.5 Å². The summed E-state index contributed by atoms with van der Waals surface area (Å²) < 4.78 is 6.70. The quantitative estimate of drug-likeness (QED) is 0.592. The Morgan fingerprint density at radius 3 is 2.58 bits per heavy atom. The number of halogens is 1. The molecule has 0 unspecified atom stereocenters. The molecule has 1 aliphatic rings. The molecule has 0 aliphatic carbocycles. The molecule has 1 N–H and O–H groups in total. The molecule has 1 aromatic heterocycles. The lowest BCUT2D eigenvalue weighted by Crippen LogP contribution is -2.48. The zero-order valence-electron chi connectivity index (χ0n) is 17.3. The number of methoxy groups -OCH3 is 1. The highest BCUT2D eigenvalue weighted by atomic mass is 35.5. The van der Waals surface area contributed by atoms with E-state index in [4.69, 9.17) is 16.3 Å². The molecule has 1 aliphatic heterocycles. The van der Waals surface area contributed by atoms with Crippen molar-refractivity contribution < 1.29 is 14.3 Å². The summed E-state index contributed by atoms with van der Waals surface area (Å²) in [5.41, 5.74) is 2.11. The molecule has 4 rings (SSSR count). The number of carbonyl (C=O) groups is 2. The Kier molecular flexibility index (Phi) is 6.50. The number of hydrogen-bond donors (Lipinski definition) is 1. The summed E-state index contributed by atoms with van der Waals surface area (Å²) >= 11 is 6.10. The number of amides is 1. The van der Waals surface area contributed by atoms with Gasteiger partial charge in [-0.3, -0.25) is 19.3 Å². The van der Waals surface area contributed by atoms with Gasteiger partial charge in [-0.2, -0.15) is 5.10 Å². The number of esters is 1. The molecule has 9 heteroatoms. The third kappa shape index (κ3) is 5.04. The van der Waals surface area contributed by atoms with Crippen molar-refractivity contribution in [2.45, 2.75) is 6.67 Å². The topological polar surface area (TPSA) is 79.7 Å². The first-order chi connectivity index (χ1) is 15.0. The molecule has 1 amide bonds. The van der Waals surface area contributed by atoms with E-state index in [9.17, 15) is 9.59 Å². The summed E-state index contributed by atoms with van der Waals surface area (Å²) in [7, 11) is 1.37. The standard InChI is InChI=1S/C22H24ClN5O3/c1-31-22(30)16-6-7-20-17(12-16)13-24-28(20)15-27-10-8-26(9-11-27)14-21(29)25-19-5-3-2-4-18(19)23/h2-7,12-13H,8-11,14-15H2,1H3,(H,25,29). The second kappa shape index (κ2) is 9.47. The third-order valence-electron chi connectivity index (χ3n) is 5.38. The van der Waals surface area contributed by atoms with E-state index in [1.54, 1.807) is 30.5 Å². The van der Waals surface area contributed by atoms with Gasteiger partial charge in [0.1, 0.15) is 0 Å². The van der Waals surface area contributed by atoms with Crippen LogP contribution in [0.5, 0.6) is 0 Å². The van der Waals surface area contributed by atoms with Crippen molar-refractivity contribution in [2.24, 2.45) is 0 Å². The molecule has 0 radical (unpaired) electrons. The Bertz CT molecular complexity index is 1090. The van der Waals surface area contributed by atoms with E-state index in [1.165, 1.54) is 7.11 Å². The van der Waals surface area contributed by atoms with E-state index in [0.717, 1.165) is 37.1 Å². The lowest BCUT2D eigenvalue weighted by atomic mass is 10.1. The van der Waals surface area contributed by atoms with E-state index in [1.807, 2.05) is 22.9 Å². The largest absolute Gasteiger partial charge is 0.465 e. The van der Waals surface area contributed by atoms with Crippen LogP contribution in [-0.4, -0.2) is 71.3 Å². The summed E-state index contributed by atoms with van der Waals surface area (Å²) in [5, 5.41) is 8.77. The van der Waals surface area contributed by atoms with Crippen LogP contribution in [-0.2, 0) is 16.2 Å². The summed E-state index contributed by atoms with van der Waals surface area (Å²) in [6.45, 7) is 4.24. The summed E-state index contributed by atoms with van der Waals surface area (Å²) in [6, 6.07) is 12.7. The number of fused-ring (bicyclic) bond motifs is 1. The Balaban J connectivity index is 1.30. The highest BCUT2D eigenvalue weighted by Crippen LogP contribution is 2.20. The van der Waals surface area contributed by atoms with Crippen molar-refractivity contribution >= 4 is 40.1 Å². The Morgan fingerprint density at radius 1 is 1.10 bits per heavy atom. The van der Waals surface area contributed by atoms with Gasteiger partial charge in [-0.05, 0) is 30.3 Å². The summed E-state index contributed by atoms with van der Waals surface area (Å²) in [6.07, 6.45) is 1.76. The minimum atomic E-state index is -0.357. The Hall–Kier alpha value is -2.94. The fraction of sp³-hybridized carbons (Fsp3) is 0.318. The Labute approximate surface area is 185 Å². The number of aromatic nitrogens is 2. The molecule has 0 bridgehead atoms. The summed E-state index contributed by atoms with van der Waals surface area (Å²) in [4.78, 5) is 28.5. The van der Waals surface area contributed by atoms with Crippen molar-refractivity contribution in [1.29, 1.82) is 0 Å². The van der Waals surface area contributed by atoms with Crippen molar-refractivity contribution in [3.8, 4) is 0 Å². The molecule has 31 heavy (non-hydrogen) atoms. The lowest BCUT2D eigenvalue weighted by molar-refractivity contribution is -0.117. The zero-order valence-corrected chi connectivity index (χ0v) is 18.0. The van der Waals surface area contributed by atoms with Crippen LogP contribution < -0.4 is 5.32 Å². The highest BCUT2D eigenvalue weighted by Gasteiger charge is 2.20. The van der Waals surface area contributed by atoms with Crippen LogP contribution >= 0.6 is 11.6 Å². The minimum absolute atomic E-state index is 0.0685. The monoisotopic (exact) mass is 441 g/mol. The van der Waals surface area contributed by atoms with E-state index in [2.05, 4.69) is 20.2 Å². The molecule has 8 nitrogen and oxygen atoms in total. The molecule has 0 spiro atoms. The maximum Gasteiger partial charge on any atom is 0.337 e. The fourth-order valence-electron chi connectivity index (χ4n) is 3.68. The van der Waals surface area contributed by atoms with Crippen LogP contribution in [0, 0.1) is 0 Å². The van der Waals surface area contributed by atoms with Gasteiger partial charge in [-0.1, -0.05) is 23.7 Å². The van der Waals surface area contributed by atoms with Crippen molar-refractivity contribution in [1.82, 2.24) is 19.6 Å². The zero-order chi connectivity index (χ0) is 21.8. The van der Waals surface area contributed by atoms with Gasteiger partial charge in [0, 0.05) is 31.6 Å². The highest BCUT2D eigenvalue weighted by molar-refractivity contribution is 6.33. The summed E-state index contributed by atoms with van der Waals surface area (Å²) in [5.74, 6) is -0.426. The normalized spacial score (nSPS) is 15.2. The molecule has 3 aromatic rings. The average Bonchev–Trinajstić information content (AvgIpc) is 3.18. The molecule has 162 valence electrons. The van der Waals surface area contributed by atoms with Crippen molar-refractivity contribution in [3.05, 3.63) is 59.2 Å². The molecular weight excluding hydrogens is 418 g/mol. The number of hydrogen-bond acceptors (Lipinski definition) is 6. The molecule has 1 saturated heterocycles. The molecule has 0 saturated carbocycles. The van der Waals surface area contributed by atoms with Crippen LogP contribution in [0.4, 0.5) is 5.69 Å². The van der Waals surface area contributed by atoms with Crippen LogP contribution in [0.1, 0.15) is 10.4 Å². The minimum Gasteiger partial charge on any atom is -0.465 e. The number of para-hydroxylation sites is 1. The van der Waals surface area contributed by atoms with E-state index < -0.39 is 0 Å². The fourth-order valence-corrected chi connectivity index (χ4v) is 3.86. The number of piperazine rings is 1. The first-order valence-electron chi connectivity index (χ1n) is 10.1. The predicted molar refractivity (Wildman–Crippen MR) is 119 cm³/mol. The van der Waals surface area contributed by atoms with Crippen LogP contribution in [0.2, 0.25) is 5.02 Å². The Morgan fingerprint density at radius 2 is 1.84 bits per heavy atom. The second-order valence-corrected chi connectivity index (χ2v) is 7.88. The van der Waals surface area contributed by atoms with Gasteiger partial charge in [-0.25, -0.2) is 4.79 Å². The van der Waals surface area contributed by atoms with Crippen molar-refractivity contribution in [3.63, 3.8) is 0 Å². The number of nitrogens with zero attached hydrogens (tertiary/aromatic N) is 4. The van der Waals surface area contributed by atoms with Gasteiger partial charge in [-0.15, -0.1) is 0 Å². The second-order valence-electron chi connectivity index (χ2n) is 7.47. The van der Waals surface area contributed by atoms with E-state index >= 15 is 0 Å². The number of ether oxygens (including phenoxy) is 1. The molecule has 0 atom stereocenters. The number of anilines is 1. The number of nitrogens with one attached hydrogen (secondary N) is 1. The number of carbonyl (C=O) groups excluding carboxylic acids is 2. The predicted octanol–water partition coefficient (Wildman–Crippen LogP) is 2.69. The van der Waals surface area contributed by atoms with Crippen molar-refractivity contribution in [2.75, 3.05) is 45.2 Å². The van der Waals surface area contributed by atoms with Gasteiger partial charge >= 0.3 is 5.97 Å². The van der Waals surface area contributed by atoms with Crippen LogP contribution in [0.3, 0.4) is 0 Å². The molecular formula is C22H24ClN5O3. The first-order valence-corrected chi connectivity index (χ1v) is 10.4.